The topological polar surface area (TPSA) is 3.24 Å². The molecule has 1 heteroatoms. The van der Waals surface area contributed by atoms with Crippen LogP contribution in [-0.4, -0.2) is 24.0 Å². The van der Waals surface area contributed by atoms with Gasteiger partial charge in [0, 0.05) is 24.7 Å². The molecular formula is C15H19N. The lowest BCUT2D eigenvalue weighted by atomic mass is 9.95. The number of nitrogens with zero attached hydrogens (tertiary/aromatic N) is 1. The largest absolute Gasteiger partial charge is 0.295 e. The Morgan fingerprint density at radius 2 is 2.31 bits per heavy atom. The van der Waals surface area contributed by atoms with Gasteiger partial charge in [-0.15, -0.1) is 0 Å². The van der Waals surface area contributed by atoms with Crippen LogP contribution in [0.3, 0.4) is 0 Å². The van der Waals surface area contributed by atoms with Gasteiger partial charge in [0.25, 0.3) is 0 Å². The molecule has 1 saturated heterocycles. The Labute approximate surface area is 97.8 Å². The minimum absolute atomic E-state index is 0.500. The second kappa shape index (κ2) is 3.50. The molecular weight excluding hydrogens is 194 g/mol. The summed E-state index contributed by atoms with van der Waals surface area (Å²) in [6.45, 7) is 7.26. The molecule has 1 saturated carbocycles. The van der Waals surface area contributed by atoms with Crippen LogP contribution in [0.2, 0.25) is 0 Å². The lowest BCUT2D eigenvalue weighted by Gasteiger charge is -2.24. The predicted octanol–water partition coefficient (Wildman–Crippen LogP) is 2.91. The van der Waals surface area contributed by atoms with Crippen LogP contribution in [0.1, 0.15) is 26.7 Å². The Morgan fingerprint density at radius 3 is 2.88 bits per heavy atom. The highest BCUT2D eigenvalue weighted by atomic mass is 15.2. The summed E-state index contributed by atoms with van der Waals surface area (Å²) >= 11 is 0. The first kappa shape index (κ1) is 10.2. The molecule has 0 aromatic rings. The van der Waals surface area contributed by atoms with Crippen molar-refractivity contribution in [3.63, 3.8) is 0 Å². The maximum Gasteiger partial charge on any atom is 0.0399 e. The van der Waals surface area contributed by atoms with Crippen LogP contribution in [0.4, 0.5) is 0 Å². The molecule has 2 atom stereocenters. The molecule has 3 rings (SSSR count). The fourth-order valence-corrected chi connectivity index (χ4v) is 3.08. The molecule has 3 aliphatic rings. The molecule has 0 bridgehead atoms. The fraction of sp³-hybridized carbons (Fsp3) is 0.600. The maximum atomic E-state index is 3.24. The quantitative estimate of drug-likeness (QED) is 0.637. The molecule has 0 aromatic heterocycles. The predicted molar refractivity (Wildman–Crippen MR) is 66.1 cm³/mol. The molecule has 0 radical (unpaired) electrons. The van der Waals surface area contributed by atoms with Crippen molar-refractivity contribution in [1.82, 2.24) is 4.90 Å². The van der Waals surface area contributed by atoms with Crippen molar-refractivity contribution in [2.75, 3.05) is 13.1 Å². The van der Waals surface area contributed by atoms with Gasteiger partial charge in [-0.25, -0.2) is 0 Å². The third kappa shape index (κ3) is 1.53. The van der Waals surface area contributed by atoms with Crippen molar-refractivity contribution in [3.8, 4) is 0 Å². The van der Waals surface area contributed by atoms with E-state index in [0.29, 0.717) is 11.5 Å². The molecule has 2 aliphatic carbocycles. The molecule has 1 aliphatic heterocycles. The zero-order valence-electron chi connectivity index (χ0n) is 10.2. The van der Waals surface area contributed by atoms with Gasteiger partial charge in [0.05, 0.1) is 0 Å². The summed E-state index contributed by atoms with van der Waals surface area (Å²) in [6.07, 6.45) is 9.05. The first-order chi connectivity index (χ1) is 7.71. The zero-order chi connectivity index (χ0) is 11.2. The Bertz CT molecular complexity index is 426. The highest BCUT2D eigenvalue weighted by molar-refractivity contribution is 5.30. The standard InChI is InChI=1S/C15H19N/c1-12-10-16(11-15(12)8-9-15)13(2)14-6-4-3-5-7-14/h3-4,6,12-13H,8-11H2,1-2H3/t12?,13-/m1/s1. The van der Waals surface area contributed by atoms with Crippen LogP contribution in [0, 0.1) is 11.3 Å². The van der Waals surface area contributed by atoms with Gasteiger partial charge in [0.2, 0.25) is 0 Å². The van der Waals surface area contributed by atoms with Crippen LogP contribution in [0.15, 0.2) is 35.3 Å². The highest BCUT2D eigenvalue weighted by Gasteiger charge is 2.53. The van der Waals surface area contributed by atoms with Gasteiger partial charge in [-0.2, -0.15) is 0 Å². The first-order valence-electron chi connectivity index (χ1n) is 6.34. The average Bonchev–Trinajstić information content (AvgIpc) is 3.01. The van der Waals surface area contributed by atoms with Crippen LogP contribution < -0.4 is 0 Å². The van der Waals surface area contributed by atoms with Crippen molar-refractivity contribution < 1.29 is 0 Å². The molecule has 1 nitrogen and oxygen atoms in total. The molecule has 1 spiro atoms. The average molecular weight is 213 g/mol. The maximum absolute atomic E-state index is 3.24. The molecule has 0 aromatic carbocycles. The Kier molecular flexibility index (Phi) is 2.23. The van der Waals surface area contributed by atoms with E-state index in [4.69, 9.17) is 0 Å². The van der Waals surface area contributed by atoms with Gasteiger partial charge < -0.3 is 0 Å². The van der Waals surface area contributed by atoms with Crippen molar-refractivity contribution in [1.29, 1.82) is 0 Å². The van der Waals surface area contributed by atoms with Crippen LogP contribution >= 0.6 is 0 Å². The summed E-state index contributed by atoms with van der Waals surface area (Å²) in [4.78, 5) is 2.62. The van der Waals surface area contributed by atoms with Gasteiger partial charge in [0.15, 0.2) is 0 Å². The van der Waals surface area contributed by atoms with Crippen molar-refractivity contribution in [3.05, 3.63) is 35.3 Å². The third-order valence-corrected chi connectivity index (χ3v) is 4.63. The van der Waals surface area contributed by atoms with E-state index in [9.17, 15) is 0 Å². The van der Waals surface area contributed by atoms with E-state index >= 15 is 0 Å². The Balaban J connectivity index is 1.77. The van der Waals surface area contributed by atoms with Gasteiger partial charge in [-0.1, -0.05) is 24.5 Å². The molecule has 2 fully saturated rings. The van der Waals surface area contributed by atoms with E-state index < -0.39 is 0 Å². The van der Waals surface area contributed by atoms with E-state index in [1.807, 2.05) is 6.08 Å². The number of allylic oxidation sites excluding steroid dienone is 2. The number of likely N-dealkylation sites (tertiary alicyclic amines) is 1. The second-order valence-electron chi connectivity index (χ2n) is 5.62. The van der Waals surface area contributed by atoms with E-state index in [1.165, 1.54) is 31.5 Å². The van der Waals surface area contributed by atoms with E-state index in [2.05, 4.69) is 42.4 Å². The second-order valence-corrected chi connectivity index (χ2v) is 5.62. The zero-order valence-corrected chi connectivity index (χ0v) is 10.2. The summed E-state index contributed by atoms with van der Waals surface area (Å²) in [7, 11) is 0. The smallest absolute Gasteiger partial charge is 0.0399 e. The van der Waals surface area contributed by atoms with Crippen molar-refractivity contribution in [2.24, 2.45) is 11.3 Å². The van der Waals surface area contributed by atoms with Gasteiger partial charge in [-0.05, 0) is 43.3 Å². The lowest BCUT2D eigenvalue weighted by molar-refractivity contribution is 0.276. The molecule has 1 unspecified atom stereocenters. The number of hydrogen-bond acceptors (Lipinski definition) is 1. The fourth-order valence-electron chi connectivity index (χ4n) is 3.08. The van der Waals surface area contributed by atoms with Crippen LogP contribution in [-0.2, 0) is 0 Å². The molecule has 16 heavy (non-hydrogen) atoms. The summed E-state index contributed by atoms with van der Waals surface area (Å²) in [6, 6.07) is 0.500. The molecule has 84 valence electrons. The van der Waals surface area contributed by atoms with E-state index in [-0.39, 0.29) is 0 Å². The monoisotopic (exact) mass is 213 g/mol. The Hall–Kier alpha value is -1.00. The van der Waals surface area contributed by atoms with Crippen molar-refractivity contribution in [2.45, 2.75) is 32.7 Å². The van der Waals surface area contributed by atoms with E-state index in [0.717, 1.165) is 5.92 Å². The molecule has 0 N–H and O–H groups in total. The third-order valence-electron chi connectivity index (χ3n) is 4.63. The summed E-state index contributed by atoms with van der Waals surface area (Å²) in [5.41, 5.74) is 8.27. The van der Waals surface area contributed by atoms with E-state index in [1.54, 1.807) is 0 Å². The minimum Gasteiger partial charge on any atom is -0.295 e. The Morgan fingerprint density at radius 1 is 1.50 bits per heavy atom. The minimum atomic E-state index is 0.500. The lowest BCUT2D eigenvalue weighted by Crippen LogP contribution is -2.32. The summed E-state index contributed by atoms with van der Waals surface area (Å²) in [5.74, 6) is 0.877. The van der Waals surface area contributed by atoms with Crippen molar-refractivity contribution >= 4 is 0 Å². The SMILES string of the molecule is CC1CN([C@H](C)C2=C=C=CC=C2)CC12CC2. The van der Waals surface area contributed by atoms with Crippen LogP contribution in [0.25, 0.3) is 0 Å². The molecule has 1 heterocycles. The summed E-state index contributed by atoms with van der Waals surface area (Å²) in [5, 5.41) is 0. The van der Waals surface area contributed by atoms with Crippen LogP contribution in [0.5, 0.6) is 0 Å². The van der Waals surface area contributed by atoms with Gasteiger partial charge in [-0.3, -0.25) is 4.90 Å². The number of rotatable bonds is 2. The molecule has 0 amide bonds. The normalized spacial score (nSPS) is 32.1. The first-order valence-corrected chi connectivity index (χ1v) is 6.34. The summed E-state index contributed by atoms with van der Waals surface area (Å²) < 4.78 is 0. The van der Waals surface area contributed by atoms with Gasteiger partial charge in [0.1, 0.15) is 0 Å². The number of hydrogen-bond donors (Lipinski definition) is 0. The highest BCUT2D eigenvalue weighted by Crippen LogP contribution is 2.56. The van der Waals surface area contributed by atoms with Gasteiger partial charge >= 0.3 is 0 Å².